The molecule has 0 saturated carbocycles. The summed E-state index contributed by atoms with van der Waals surface area (Å²) < 4.78 is 5.20. The van der Waals surface area contributed by atoms with Gasteiger partial charge in [0.15, 0.2) is 0 Å². The summed E-state index contributed by atoms with van der Waals surface area (Å²) >= 11 is 0. The van der Waals surface area contributed by atoms with E-state index in [0.717, 1.165) is 13.0 Å². The van der Waals surface area contributed by atoms with Crippen LogP contribution in [0.25, 0.3) is 0 Å². The molecule has 1 fully saturated rings. The quantitative estimate of drug-likeness (QED) is 0.709. The van der Waals surface area contributed by atoms with Gasteiger partial charge in [-0.05, 0) is 20.3 Å². The van der Waals surface area contributed by atoms with Crippen molar-refractivity contribution in [2.45, 2.75) is 38.5 Å². The molecule has 14 heavy (non-hydrogen) atoms. The minimum atomic E-state index is -0.0626. The van der Waals surface area contributed by atoms with Crippen LogP contribution < -0.4 is 5.32 Å². The van der Waals surface area contributed by atoms with E-state index in [-0.39, 0.29) is 24.1 Å². The molecule has 1 saturated heterocycles. The molecule has 1 rings (SSSR count). The van der Waals surface area contributed by atoms with Crippen molar-refractivity contribution in [3.63, 3.8) is 0 Å². The fourth-order valence-corrected chi connectivity index (χ4v) is 1.57. The zero-order chi connectivity index (χ0) is 10.7. The summed E-state index contributed by atoms with van der Waals surface area (Å²) in [6.07, 6.45) is 0.969. The third kappa shape index (κ3) is 2.45. The Bertz CT molecular complexity index is 206. The second-order valence-corrected chi connectivity index (χ2v) is 4.10. The molecular weight excluding hydrogens is 180 g/mol. The zero-order valence-corrected chi connectivity index (χ0v) is 9.41. The summed E-state index contributed by atoms with van der Waals surface area (Å²) in [6, 6.07) is 0.193. The van der Waals surface area contributed by atoms with Crippen LogP contribution >= 0.6 is 0 Å². The van der Waals surface area contributed by atoms with Crippen molar-refractivity contribution in [3.8, 4) is 0 Å². The molecule has 0 spiro atoms. The van der Waals surface area contributed by atoms with E-state index in [9.17, 15) is 4.79 Å². The monoisotopic (exact) mass is 200 g/mol. The van der Waals surface area contributed by atoms with Crippen LogP contribution in [0, 0.1) is 0 Å². The topological polar surface area (TPSA) is 41.6 Å². The van der Waals surface area contributed by atoms with Gasteiger partial charge >= 0.3 is 0 Å². The van der Waals surface area contributed by atoms with Gasteiger partial charge in [0.25, 0.3) is 0 Å². The van der Waals surface area contributed by atoms with Crippen LogP contribution in [-0.2, 0) is 9.53 Å². The molecule has 4 heteroatoms. The van der Waals surface area contributed by atoms with Crippen LogP contribution in [0.4, 0.5) is 0 Å². The SMILES string of the molecule is COC1CNC(C(=O)N(C)C(C)C)C1. The van der Waals surface area contributed by atoms with Crippen LogP contribution in [0.3, 0.4) is 0 Å². The van der Waals surface area contributed by atoms with Gasteiger partial charge in [0.05, 0.1) is 12.1 Å². The number of hydrogen-bond donors (Lipinski definition) is 1. The fraction of sp³-hybridized carbons (Fsp3) is 0.900. The van der Waals surface area contributed by atoms with E-state index in [1.807, 2.05) is 20.9 Å². The first-order valence-electron chi connectivity index (χ1n) is 5.09. The molecule has 0 radical (unpaired) electrons. The lowest BCUT2D eigenvalue weighted by atomic mass is 10.1. The molecule has 82 valence electrons. The van der Waals surface area contributed by atoms with Gasteiger partial charge in [-0.15, -0.1) is 0 Å². The average molecular weight is 200 g/mol. The minimum absolute atomic E-state index is 0.0626. The van der Waals surface area contributed by atoms with Crippen molar-refractivity contribution in [2.24, 2.45) is 0 Å². The highest BCUT2D eigenvalue weighted by Crippen LogP contribution is 2.12. The van der Waals surface area contributed by atoms with Gasteiger partial charge in [-0.1, -0.05) is 0 Å². The Morgan fingerprint density at radius 1 is 1.57 bits per heavy atom. The molecule has 0 aliphatic carbocycles. The Balaban J connectivity index is 2.47. The van der Waals surface area contributed by atoms with Gasteiger partial charge in [0.2, 0.25) is 5.91 Å². The van der Waals surface area contributed by atoms with Crippen molar-refractivity contribution >= 4 is 5.91 Å². The molecule has 1 N–H and O–H groups in total. The molecule has 2 atom stereocenters. The summed E-state index contributed by atoms with van der Waals surface area (Å²) in [6.45, 7) is 4.81. The van der Waals surface area contributed by atoms with Crippen molar-refractivity contribution in [3.05, 3.63) is 0 Å². The van der Waals surface area contributed by atoms with E-state index in [2.05, 4.69) is 5.32 Å². The molecule has 1 heterocycles. The molecule has 0 aromatic carbocycles. The predicted molar refractivity (Wildman–Crippen MR) is 55.1 cm³/mol. The predicted octanol–water partition coefficient (Wildman–Crippen LogP) is 0.230. The number of carbonyl (C=O) groups is 1. The highest BCUT2D eigenvalue weighted by molar-refractivity contribution is 5.82. The van der Waals surface area contributed by atoms with E-state index in [1.165, 1.54) is 0 Å². The van der Waals surface area contributed by atoms with Gasteiger partial charge in [-0.25, -0.2) is 0 Å². The van der Waals surface area contributed by atoms with Crippen LogP contribution in [0.2, 0.25) is 0 Å². The minimum Gasteiger partial charge on any atom is -0.380 e. The summed E-state index contributed by atoms with van der Waals surface area (Å²) in [7, 11) is 3.53. The third-order valence-corrected chi connectivity index (χ3v) is 2.84. The largest absolute Gasteiger partial charge is 0.380 e. The summed E-state index contributed by atoms with van der Waals surface area (Å²) in [5.74, 6) is 0.166. The first-order valence-corrected chi connectivity index (χ1v) is 5.09. The van der Waals surface area contributed by atoms with Crippen molar-refractivity contribution < 1.29 is 9.53 Å². The number of hydrogen-bond acceptors (Lipinski definition) is 3. The molecule has 1 aliphatic heterocycles. The molecule has 0 bridgehead atoms. The first-order chi connectivity index (χ1) is 6.56. The fourth-order valence-electron chi connectivity index (χ4n) is 1.57. The number of likely N-dealkylation sites (N-methyl/N-ethyl adjacent to an activating group) is 1. The maximum Gasteiger partial charge on any atom is 0.239 e. The van der Waals surface area contributed by atoms with Gasteiger partial charge in [-0.3, -0.25) is 4.79 Å². The zero-order valence-electron chi connectivity index (χ0n) is 9.41. The second kappa shape index (κ2) is 4.75. The van der Waals surface area contributed by atoms with Gasteiger partial charge in [0.1, 0.15) is 0 Å². The van der Waals surface area contributed by atoms with E-state index in [4.69, 9.17) is 4.74 Å². The number of ether oxygens (including phenoxy) is 1. The average Bonchev–Trinajstić information content (AvgIpc) is 2.63. The van der Waals surface area contributed by atoms with Crippen molar-refractivity contribution in [2.75, 3.05) is 20.7 Å². The third-order valence-electron chi connectivity index (χ3n) is 2.84. The number of methoxy groups -OCH3 is 1. The lowest BCUT2D eigenvalue weighted by Crippen LogP contribution is -2.44. The van der Waals surface area contributed by atoms with Crippen molar-refractivity contribution in [1.82, 2.24) is 10.2 Å². The number of rotatable bonds is 3. The Morgan fingerprint density at radius 3 is 2.64 bits per heavy atom. The molecular formula is C10H20N2O2. The maximum absolute atomic E-state index is 11.9. The number of nitrogens with zero attached hydrogens (tertiary/aromatic N) is 1. The van der Waals surface area contributed by atoms with Gasteiger partial charge in [0, 0.05) is 26.7 Å². The number of nitrogens with one attached hydrogen (secondary N) is 1. The summed E-state index contributed by atoms with van der Waals surface area (Å²) in [4.78, 5) is 13.6. The van der Waals surface area contributed by atoms with Crippen LogP contribution in [0.5, 0.6) is 0 Å². The smallest absolute Gasteiger partial charge is 0.239 e. The molecule has 1 amide bonds. The molecule has 1 aliphatic rings. The number of carbonyl (C=O) groups excluding carboxylic acids is 1. The summed E-state index contributed by atoms with van der Waals surface area (Å²) in [5.41, 5.74) is 0. The molecule has 0 aromatic rings. The van der Waals surface area contributed by atoms with Crippen LogP contribution in [0.15, 0.2) is 0 Å². The van der Waals surface area contributed by atoms with Gasteiger partial charge < -0.3 is 15.0 Å². The normalized spacial score (nSPS) is 26.9. The van der Waals surface area contributed by atoms with E-state index < -0.39 is 0 Å². The Labute approximate surface area is 85.6 Å². The molecule has 4 nitrogen and oxygen atoms in total. The van der Waals surface area contributed by atoms with E-state index in [0.29, 0.717) is 0 Å². The van der Waals surface area contributed by atoms with Gasteiger partial charge in [-0.2, -0.15) is 0 Å². The molecule has 2 unspecified atom stereocenters. The summed E-state index contributed by atoms with van der Waals surface area (Å²) in [5, 5.41) is 3.18. The van der Waals surface area contributed by atoms with E-state index in [1.54, 1.807) is 12.0 Å². The standard InChI is InChI=1S/C10H20N2O2/c1-7(2)12(3)10(13)9-5-8(14-4)6-11-9/h7-9,11H,5-6H2,1-4H3. The maximum atomic E-state index is 11.9. The number of amides is 1. The Hall–Kier alpha value is -0.610. The lowest BCUT2D eigenvalue weighted by molar-refractivity contribution is -0.133. The Kier molecular flexibility index (Phi) is 3.89. The first kappa shape index (κ1) is 11.5. The van der Waals surface area contributed by atoms with E-state index >= 15 is 0 Å². The highest BCUT2D eigenvalue weighted by Gasteiger charge is 2.31. The highest BCUT2D eigenvalue weighted by atomic mass is 16.5. The van der Waals surface area contributed by atoms with Crippen LogP contribution in [0.1, 0.15) is 20.3 Å². The Morgan fingerprint density at radius 2 is 2.21 bits per heavy atom. The van der Waals surface area contributed by atoms with Crippen LogP contribution in [-0.4, -0.2) is 49.7 Å². The molecule has 0 aromatic heterocycles. The second-order valence-electron chi connectivity index (χ2n) is 4.10. The van der Waals surface area contributed by atoms with Crippen molar-refractivity contribution in [1.29, 1.82) is 0 Å². The lowest BCUT2D eigenvalue weighted by Gasteiger charge is -2.24.